The Morgan fingerprint density at radius 2 is 2.29 bits per heavy atom. The van der Waals surface area contributed by atoms with Crippen LogP contribution < -0.4 is 11.1 Å². The van der Waals surface area contributed by atoms with Crippen LogP contribution in [0.3, 0.4) is 0 Å². The second-order valence-electron chi connectivity index (χ2n) is 4.06. The maximum atomic E-state index is 5.91. The lowest BCUT2D eigenvalue weighted by molar-refractivity contribution is 0.787. The summed E-state index contributed by atoms with van der Waals surface area (Å²) in [6, 6.07) is 5.98. The molecule has 1 aromatic carbocycles. The molecule has 3 heteroatoms. The molecule has 0 spiro atoms. The molecule has 0 amide bonds. The van der Waals surface area contributed by atoms with Crippen molar-refractivity contribution in [2.45, 2.75) is 13.3 Å². The number of para-hydroxylation sites is 1. The SMILES string of the molecule is CC1CC1CNc1cccc(Br)c1N. The molecule has 14 heavy (non-hydrogen) atoms. The Labute approximate surface area is 93.0 Å². The van der Waals surface area contributed by atoms with E-state index in [1.807, 2.05) is 18.2 Å². The minimum atomic E-state index is 0.806. The number of hydrogen-bond donors (Lipinski definition) is 2. The third-order valence-electron chi connectivity index (χ3n) is 2.88. The van der Waals surface area contributed by atoms with E-state index in [9.17, 15) is 0 Å². The van der Waals surface area contributed by atoms with E-state index in [0.29, 0.717) is 0 Å². The van der Waals surface area contributed by atoms with Gasteiger partial charge in [-0.2, -0.15) is 0 Å². The number of hydrogen-bond acceptors (Lipinski definition) is 2. The Morgan fingerprint density at radius 1 is 1.57 bits per heavy atom. The van der Waals surface area contributed by atoms with Crippen LogP contribution in [0.5, 0.6) is 0 Å². The van der Waals surface area contributed by atoms with E-state index in [2.05, 4.69) is 28.2 Å². The van der Waals surface area contributed by atoms with Crippen molar-refractivity contribution in [3.05, 3.63) is 22.7 Å². The molecule has 0 aromatic heterocycles. The zero-order valence-corrected chi connectivity index (χ0v) is 9.84. The maximum Gasteiger partial charge on any atom is 0.0694 e. The summed E-state index contributed by atoms with van der Waals surface area (Å²) in [5, 5.41) is 3.39. The second kappa shape index (κ2) is 3.81. The third kappa shape index (κ3) is 2.03. The minimum Gasteiger partial charge on any atom is -0.396 e. The van der Waals surface area contributed by atoms with Crippen LogP contribution in [-0.2, 0) is 0 Å². The number of rotatable bonds is 3. The van der Waals surface area contributed by atoms with E-state index < -0.39 is 0 Å². The van der Waals surface area contributed by atoms with Crippen molar-refractivity contribution < 1.29 is 0 Å². The standard InChI is InChI=1S/C11H15BrN2/c1-7-5-8(7)6-14-10-4-2-3-9(12)11(10)13/h2-4,7-8,14H,5-6,13H2,1H3. The molecule has 3 N–H and O–H groups in total. The predicted octanol–water partition coefficient (Wildman–Crippen LogP) is 3.10. The maximum absolute atomic E-state index is 5.91. The normalized spacial score (nSPS) is 24.7. The number of benzene rings is 1. The summed E-state index contributed by atoms with van der Waals surface area (Å²) < 4.78 is 0.964. The van der Waals surface area contributed by atoms with Gasteiger partial charge < -0.3 is 11.1 Å². The summed E-state index contributed by atoms with van der Waals surface area (Å²) in [5.74, 6) is 1.73. The van der Waals surface area contributed by atoms with Gasteiger partial charge in [0.25, 0.3) is 0 Å². The zero-order valence-electron chi connectivity index (χ0n) is 8.26. The summed E-state index contributed by atoms with van der Waals surface area (Å²) in [7, 11) is 0. The Hall–Kier alpha value is -0.700. The van der Waals surface area contributed by atoms with Crippen LogP contribution in [0, 0.1) is 11.8 Å². The van der Waals surface area contributed by atoms with E-state index >= 15 is 0 Å². The average Bonchev–Trinajstić information content (AvgIpc) is 2.85. The van der Waals surface area contributed by atoms with Crippen molar-refractivity contribution in [1.29, 1.82) is 0 Å². The monoisotopic (exact) mass is 254 g/mol. The van der Waals surface area contributed by atoms with E-state index in [1.54, 1.807) is 0 Å². The molecule has 0 heterocycles. The first-order chi connectivity index (χ1) is 6.68. The van der Waals surface area contributed by atoms with Crippen LogP contribution >= 0.6 is 15.9 Å². The van der Waals surface area contributed by atoms with Crippen LogP contribution in [0.15, 0.2) is 22.7 Å². The molecule has 1 aromatic rings. The van der Waals surface area contributed by atoms with Gasteiger partial charge in [-0.15, -0.1) is 0 Å². The molecule has 2 rings (SSSR count). The molecule has 1 aliphatic carbocycles. The first-order valence-electron chi connectivity index (χ1n) is 4.96. The smallest absolute Gasteiger partial charge is 0.0694 e. The molecule has 1 aliphatic rings. The van der Waals surface area contributed by atoms with Gasteiger partial charge in [0, 0.05) is 11.0 Å². The predicted molar refractivity (Wildman–Crippen MR) is 64.3 cm³/mol. The van der Waals surface area contributed by atoms with Crippen molar-refractivity contribution in [2.24, 2.45) is 11.8 Å². The Balaban J connectivity index is 1.98. The fourth-order valence-electron chi connectivity index (χ4n) is 1.62. The summed E-state index contributed by atoms with van der Waals surface area (Å²) in [6.45, 7) is 3.33. The average molecular weight is 255 g/mol. The number of nitrogens with one attached hydrogen (secondary N) is 1. The van der Waals surface area contributed by atoms with E-state index in [-0.39, 0.29) is 0 Å². The number of halogens is 1. The van der Waals surface area contributed by atoms with Crippen LogP contribution in [-0.4, -0.2) is 6.54 Å². The molecule has 2 unspecified atom stereocenters. The summed E-state index contributed by atoms with van der Waals surface area (Å²) >= 11 is 3.42. The van der Waals surface area contributed by atoms with E-state index in [4.69, 9.17) is 5.73 Å². The van der Waals surface area contributed by atoms with Crippen molar-refractivity contribution in [3.63, 3.8) is 0 Å². The first kappa shape index (κ1) is 9.84. The summed E-state index contributed by atoms with van der Waals surface area (Å²) in [6.07, 6.45) is 1.35. The van der Waals surface area contributed by atoms with Crippen LogP contribution in [0.1, 0.15) is 13.3 Å². The summed E-state index contributed by atoms with van der Waals surface area (Å²) in [4.78, 5) is 0. The molecule has 0 bridgehead atoms. The van der Waals surface area contributed by atoms with E-state index in [0.717, 1.165) is 34.2 Å². The van der Waals surface area contributed by atoms with Crippen molar-refractivity contribution in [1.82, 2.24) is 0 Å². The van der Waals surface area contributed by atoms with Crippen molar-refractivity contribution in [2.75, 3.05) is 17.6 Å². The van der Waals surface area contributed by atoms with Gasteiger partial charge in [-0.25, -0.2) is 0 Å². The minimum absolute atomic E-state index is 0.806. The highest BCUT2D eigenvalue weighted by Gasteiger charge is 2.31. The second-order valence-corrected chi connectivity index (χ2v) is 4.91. The van der Waals surface area contributed by atoms with Gasteiger partial charge in [0.05, 0.1) is 11.4 Å². The lowest BCUT2D eigenvalue weighted by atomic mass is 10.2. The van der Waals surface area contributed by atoms with Gasteiger partial charge in [0.2, 0.25) is 0 Å². The molecular weight excluding hydrogens is 240 g/mol. The molecule has 1 fully saturated rings. The van der Waals surface area contributed by atoms with Gasteiger partial charge in [-0.05, 0) is 46.3 Å². The Kier molecular flexibility index (Phi) is 2.68. The van der Waals surface area contributed by atoms with Crippen molar-refractivity contribution >= 4 is 27.3 Å². The molecule has 1 saturated carbocycles. The highest BCUT2D eigenvalue weighted by Crippen LogP contribution is 2.38. The van der Waals surface area contributed by atoms with Gasteiger partial charge in [0.15, 0.2) is 0 Å². The molecule has 76 valence electrons. The summed E-state index contributed by atoms with van der Waals surface area (Å²) in [5.41, 5.74) is 7.76. The molecule has 0 saturated heterocycles. The first-order valence-corrected chi connectivity index (χ1v) is 5.75. The largest absolute Gasteiger partial charge is 0.396 e. The fraction of sp³-hybridized carbons (Fsp3) is 0.455. The molecule has 2 atom stereocenters. The number of nitrogen functional groups attached to an aromatic ring is 1. The van der Waals surface area contributed by atoms with Gasteiger partial charge in [0.1, 0.15) is 0 Å². The Bertz CT molecular complexity index is 338. The van der Waals surface area contributed by atoms with Crippen LogP contribution in [0.4, 0.5) is 11.4 Å². The Morgan fingerprint density at radius 3 is 2.93 bits per heavy atom. The van der Waals surface area contributed by atoms with Gasteiger partial charge in [-0.1, -0.05) is 13.0 Å². The van der Waals surface area contributed by atoms with Gasteiger partial charge in [-0.3, -0.25) is 0 Å². The van der Waals surface area contributed by atoms with Crippen LogP contribution in [0.2, 0.25) is 0 Å². The van der Waals surface area contributed by atoms with Crippen LogP contribution in [0.25, 0.3) is 0 Å². The highest BCUT2D eigenvalue weighted by molar-refractivity contribution is 9.10. The number of nitrogens with two attached hydrogens (primary N) is 1. The molecule has 2 nitrogen and oxygen atoms in total. The molecule has 0 aliphatic heterocycles. The lowest BCUT2D eigenvalue weighted by Crippen LogP contribution is -2.06. The fourth-order valence-corrected chi connectivity index (χ4v) is 1.98. The lowest BCUT2D eigenvalue weighted by Gasteiger charge is -2.09. The topological polar surface area (TPSA) is 38.0 Å². The number of anilines is 2. The quantitative estimate of drug-likeness (QED) is 0.814. The molecule has 0 radical (unpaired) electrons. The molecular formula is C11H15BrN2. The van der Waals surface area contributed by atoms with Gasteiger partial charge >= 0.3 is 0 Å². The van der Waals surface area contributed by atoms with Crippen molar-refractivity contribution in [3.8, 4) is 0 Å². The third-order valence-corrected chi connectivity index (χ3v) is 3.58. The van der Waals surface area contributed by atoms with E-state index in [1.165, 1.54) is 6.42 Å². The zero-order chi connectivity index (χ0) is 10.1. The highest BCUT2D eigenvalue weighted by atomic mass is 79.9.